The zero-order valence-electron chi connectivity index (χ0n) is 14.4. The molecule has 0 spiro atoms. The van der Waals surface area contributed by atoms with E-state index in [1.807, 2.05) is 27.7 Å². The Hall–Kier alpha value is -1.62. The number of carbonyl (C=O) groups excluding carboxylic acids is 2. The molecule has 0 heterocycles. The molecule has 0 aliphatic heterocycles. The van der Waals surface area contributed by atoms with E-state index in [0.717, 1.165) is 11.1 Å². The summed E-state index contributed by atoms with van der Waals surface area (Å²) in [6, 6.07) is 0. The summed E-state index contributed by atoms with van der Waals surface area (Å²) in [6.45, 7) is 11.0. The Bertz CT molecular complexity index is 418. The number of carbonyl (C=O) groups is 2. The summed E-state index contributed by atoms with van der Waals surface area (Å²) in [5.41, 5.74) is 1.78. The lowest BCUT2D eigenvalue weighted by molar-refractivity contribution is -0.155. The van der Waals surface area contributed by atoms with Gasteiger partial charge in [-0.25, -0.2) is 9.59 Å². The minimum atomic E-state index is -0.862. The van der Waals surface area contributed by atoms with Crippen LogP contribution in [0.5, 0.6) is 0 Å². The number of esters is 2. The Kier molecular flexibility index (Phi) is 9.42. The molecule has 1 N–H and O–H groups in total. The number of allylic oxidation sites excluding steroid dienone is 2. The maximum absolute atomic E-state index is 11.9. The predicted molar refractivity (Wildman–Crippen MR) is 85.1 cm³/mol. The van der Waals surface area contributed by atoms with Crippen molar-refractivity contribution in [2.45, 2.75) is 47.6 Å². The second-order valence-electron chi connectivity index (χ2n) is 6.05. The van der Waals surface area contributed by atoms with Gasteiger partial charge in [0, 0.05) is 12.2 Å². The van der Waals surface area contributed by atoms with Crippen molar-refractivity contribution in [2.24, 2.45) is 11.8 Å². The SMILES string of the molecule is CC(C)=CC(=O)OCC(CO)OC(=O)C=C(C(C)C)C(C)C. The van der Waals surface area contributed by atoms with Gasteiger partial charge in [0.15, 0.2) is 6.10 Å². The first kappa shape index (κ1) is 20.4. The summed E-state index contributed by atoms with van der Waals surface area (Å²) in [5.74, 6) is -0.587. The number of hydrogen-bond acceptors (Lipinski definition) is 5. The minimum Gasteiger partial charge on any atom is -0.458 e. The van der Waals surface area contributed by atoms with Crippen molar-refractivity contribution < 1.29 is 24.2 Å². The molecule has 0 aromatic carbocycles. The lowest BCUT2D eigenvalue weighted by Gasteiger charge is -2.17. The third kappa shape index (κ3) is 8.62. The van der Waals surface area contributed by atoms with Gasteiger partial charge < -0.3 is 14.6 Å². The smallest absolute Gasteiger partial charge is 0.331 e. The summed E-state index contributed by atoms with van der Waals surface area (Å²) >= 11 is 0. The fourth-order valence-electron chi connectivity index (χ4n) is 1.91. The molecular formula is C17H28O5. The summed E-state index contributed by atoms with van der Waals surface area (Å²) in [5, 5.41) is 9.22. The van der Waals surface area contributed by atoms with E-state index in [4.69, 9.17) is 9.47 Å². The fourth-order valence-corrected chi connectivity index (χ4v) is 1.91. The van der Waals surface area contributed by atoms with Crippen LogP contribution < -0.4 is 0 Å². The van der Waals surface area contributed by atoms with Crippen molar-refractivity contribution >= 4 is 11.9 Å². The molecule has 126 valence electrons. The molecule has 0 amide bonds. The lowest BCUT2D eigenvalue weighted by atomic mass is 9.92. The van der Waals surface area contributed by atoms with E-state index >= 15 is 0 Å². The van der Waals surface area contributed by atoms with E-state index in [0.29, 0.717) is 0 Å². The molecule has 0 bridgehead atoms. The molecule has 0 aromatic rings. The topological polar surface area (TPSA) is 72.8 Å². The zero-order valence-corrected chi connectivity index (χ0v) is 14.4. The Morgan fingerprint density at radius 1 is 1.00 bits per heavy atom. The first-order valence-corrected chi connectivity index (χ1v) is 7.52. The number of hydrogen-bond donors (Lipinski definition) is 1. The molecule has 0 aliphatic carbocycles. The van der Waals surface area contributed by atoms with E-state index in [9.17, 15) is 14.7 Å². The van der Waals surface area contributed by atoms with Crippen LogP contribution in [0.25, 0.3) is 0 Å². The molecule has 22 heavy (non-hydrogen) atoms. The van der Waals surface area contributed by atoms with E-state index in [2.05, 4.69) is 0 Å². The number of aliphatic hydroxyl groups is 1. The van der Waals surface area contributed by atoms with Crippen LogP contribution in [0.4, 0.5) is 0 Å². The second kappa shape index (κ2) is 10.2. The summed E-state index contributed by atoms with van der Waals surface area (Å²) in [7, 11) is 0. The van der Waals surface area contributed by atoms with Gasteiger partial charge in [0.2, 0.25) is 0 Å². The molecule has 5 heteroatoms. The van der Waals surface area contributed by atoms with Crippen molar-refractivity contribution in [3.05, 3.63) is 23.3 Å². The zero-order chi connectivity index (χ0) is 17.3. The molecule has 0 saturated heterocycles. The van der Waals surface area contributed by atoms with Crippen LogP contribution in [0.15, 0.2) is 23.3 Å². The largest absolute Gasteiger partial charge is 0.458 e. The number of rotatable bonds is 8. The molecule has 5 nitrogen and oxygen atoms in total. The van der Waals surface area contributed by atoms with Gasteiger partial charge in [-0.1, -0.05) is 38.8 Å². The lowest BCUT2D eigenvalue weighted by Crippen LogP contribution is -2.28. The summed E-state index contributed by atoms with van der Waals surface area (Å²) in [4.78, 5) is 23.3. The van der Waals surface area contributed by atoms with Crippen LogP contribution in [0, 0.1) is 11.8 Å². The van der Waals surface area contributed by atoms with Gasteiger partial charge >= 0.3 is 11.9 Å². The maximum Gasteiger partial charge on any atom is 0.331 e. The minimum absolute atomic E-state index is 0.169. The van der Waals surface area contributed by atoms with Crippen LogP contribution in [0.2, 0.25) is 0 Å². The molecular weight excluding hydrogens is 284 g/mol. The molecule has 1 atom stereocenters. The van der Waals surface area contributed by atoms with Crippen molar-refractivity contribution in [3.63, 3.8) is 0 Å². The van der Waals surface area contributed by atoms with Gasteiger partial charge in [0.1, 0.15) is 6.61 Å². The number of ether oxygens (including phenoxy) is 2. The van der Waals surface area contributed by atoms with Crippen LogP contribution in [0.1, 0.15) is 41.5 Å². The first-order valence-electron chi connectivity index (χ1n) is 7.52. The first-order chi connectivity index (χ1) is 10.2. The molecule has 0 fully saturated rings. The van der Waals surface area contributed by atoms with Crippen LogP contribution >= 0.6 is 0 Å². The van der Waals surface area contributed by atoms with E-state index in [-0.39, 0.29) is 18.4 Å². The van der Waals surface area contributed by atoms with Crippen molar-refractivity contribution in [1.82, 2.24) is 0 Å². The normalized spacial score (nSPS) is 11.9. The maximum atomic E-state index is 11.9. The molecule has 0 saturated carbocycles. The Morgan fingerprint density at radius 2 is 1.55 bits per heavy atom. The molecule has 1 unspecified atom stereocenters. The van der Waals surface area contributed by atoms with Gasteiger partial charge in [0.05, 0.1) is 6.61 Å². The fraction of sp³-hybridized carbons (Fsp3) is 0.647. The Morgan fingerprint density at radius 3 is 1.95 bits per heavy atom. The highest BCUT2D eigenvalue weighted by Crippen LogP contribution is 2.19. The predicted octanol–water partition coefficient (Wildman–Crippen LogP) is 2.64. The Balaban J connectivity index is 4.61. The monoisotopic (exact) mass is 312 g/mol. The summed E-state index contributed by atoms with van der Waals surface area (Å²) in [6.07, 6.45) is 1.93. The second-order valence-corrected chi connectivity index (χ2v) is 6.05. The van der Waals surface area contributed by atoms with Gasteiger partial charge in [-0.05, 0) is 25.7 Å². The molecule has 0 radical (unpaired) electrons. The molecule has 0 rings (SSSR count). The number of aliphatic hydroxyl groups excluding tert-OH is 1. The van der Waals surface area contributed by atoms with Crippen molar-refractivity contribution in [2.75, 3.05) is 13.2 Å². The van der Waals surface area contributed by atoms with Crippen molar-refractivity contribution in [1.29, 1.82) is 0 Å². The van der Waals surface area contributed by atoms with Gasteiger partial charge in [-0.2, -0.15) is 0 Å². The third-order valence-corrected chi connectivity index (χ3v) is 2.92. The van der Waals surface area contributed by atoms with Gasteiger partial charge in [0.25, 0.3) is 0 Å². The van der Waals surface area contributed by atoms with E-state index in [1.54, 1.807) is 13.8 Å². The quantitative estimate of drug-likeness (QED) is 0.551. The average molecular weight is 312 g/mol. The van der Waals surface area contributed by atoms with E-state index < -0.39 is 24.6 Å². The van der Waals surface area contributed by atoms with Gasteiger partial charge in [-0.3, -0.25) is 0 Å². The van der Waals surface area contributed by atoms with Crippen LogP contribution in [-0.4, -0.2) is 36.4 Å². The Labute approximate surface area is 133 Å². The highest BCUT2D eigenvalue weighted by molar-refractivity contribution is 5.83. The average Bonchev–Trinajstić information content (AvgIpc) is 2.39. The van der Waals surface area contributed by atoms with Crippen molar-refractivity contribution in [3.8, 4) is 0 Å². The van der Waals surface area contributed by atoms with Crippen LogP contribution in [0.3, 0.4) is 0 Å². The standard InChI is InChI=1S/C17H28O5/c1-11(2)7-16(19)21-10-14(9-18)22-17(20)8-15(12(3)4)13(5)6/h7-8,12-14,18H,9-10H2,1-6H3. The van der Waals surface area contributed by atoms with Gasteiger partial charge in [-0.15, -0.1) is 0 Å². The molecule has 0 aromatic heterocycles. The third-order valence-electron chi connectivity index (χ3n) is 2.92. The summed E-state index contributed by atoms with van der Waals surface area (Å²) < 4.78 is 10.1. The van der Waals surface area contributed by atoms with Crippen LogP contribution in [-0.2, 0) is 19.1 Å². The highest BCUT2D eigenvalue weighted by atomic mass is 16.6. The highest BCUT2D eigenvalue weighted by Gasteiger charge is 2.16. The molecule has 0 aliphatic rings. The van der Waals surface area contributed by atoms with E-state index in [1.165, 1.54) is 12.2 Å².